The molecule has 2 aromatic rings. The van der Waals surface area contributed by atoms with E-state index < -0.39 is 0 Å². The standard InChI is InChI=1S/C17H21NO2/c1-13(2)16-5-3-4-6-17(16)20-12-11-19-15-9-7-14(18)8-10-15/h3-10,13H,11-12,18H2,1-2H3. The molecule has 0 amide bonds. The maximum atomic E-state index is 5.79. The number of para-hydroxylation sites is 1. The van der Waals surface area contributed by atoms with Gasteiger partial charge in [-0.05, 0) is 41.8 Å². The van der Waals surface area contributed by atoms with Crippen LogP contribution >= 0.6 is 0 Å². The monoisotopic (exact) mass is 271 g/mol. The second kappa shape index (κ2) is 6.85. The predicted molar refractivity (Wildman–Crippen MR) is 82.4 cm³/mol. The molecular weight excluding hydrogens is 250 g/mol. The fourth-order valence-electron chi connectivity index (χ4n) is 1.96. The number of hydrogen-bond donors (Lipinski definition) is 1. The van der Waals surface area contributed by atoms with Crippen LogP contribution < -0.4 is 15.2 Å². The summed E-state index contributed by atoms with van der Waals surface area (Å²) in [5.41, 5.74) is 7.58. The Balaban J connectivity index is 1.83. The minimum Gasteiger partial charge on any atom is -0.490 e. The van der Waals surface area contributed by atoms with Gasteiger partial charge in [-0.15, -0.1) is 0 Å². The third kappa shape index (κ3) is 3.92. The van der Waals surface area contributed by atoms with Gasteiger partial charge in [0, 0.05) is 5.69 Å². The molecule has 0 unspecified atom stereocenters. The van der Waals surface area contributed by atoms with Crippen molar-refractivity contribution in [3.8, 4) is 11.5 Å². The Hall–Kier alpha value is -2.16. The van der Waals surface area contributed by atoms with E-state index in [1.807, 2.05) is 42.5 Å². The molecule has 0 aliphatic rings. The molecule has 0 aliphatic carbocycles. The van der Waals surface area contributed by atoms with Gasteiger partial charge in [-0.1, -0.05) is 32.0 Å². The van der Waals surface area contributed by atoms with Gasteiger partial charge in [0.05, 0.1) is 0 Å². The largest absolute Gasteiger partial charge is 0.490 e. The first kappa shape index (κ1) is 14.3. The van der Waals surface area contributed by atoms with Crippen LogP contribution in [0.25, 0.3) is 0 Å². The summed E-state index contributed by atoms with van der Waals surface area (Å²) in [6.45, 7) is 5.35. The minimum atomic E-state index is 0.448. The van der Waals surface area contributed by atoms with Gasteiger partial charge in [0.15, 0.2) is 0 Å². The van der Waals surface area contributed by atoms with Gasteiger partial charge in [-0.2, -0.15) is 0 Å². The van der Waals surface area contributed by atoms with Crippen molar-refractivity contribution in [3.63, 3.8) is 0 Å². The average Bonchev–Trinajstić information content (AvgIpc) is 2.46. The zero-order chi connectivity index (χ0) is 14.4. The van der Waals surface area contributed by atoms with Gasteiger partial charge in [0.1, 0.15) is 24.7 Å². The summed E-state index contributed by atoms with van der Waals surface area (Å²) >= 11 is 0. The maximum Gasteiger partial charge on any atom is 0.122 e. The van der Waals surface area contributed by atoms with Crippen molar-refractivity contribution in [2.24, 2.45) is 0 Å². The van der Waals surface area contributed by atoms with Crippen molar-refractivity contribution in [3.05, 3.63) is 54.1 Å². The third-order valence-electron chi connectivity index (χ3n) is 3.03. The van der Waals surface area contributed by atoms with Crippen LogP contribution in [0, 0.1) is 0 Å². The molecule has 3 heteroatoms. The predicted octanol–water partition coefficient (Wildman–Crippen LogP) is 3.85. The molecule has 0 fully saturated rings. The van der Waals surface area contributed by atoms with Crippen molar-refractivity contribution in [2.75, 3.05) is 18.9 Å². The highest BCUT2D eigenvalue weighted by Gasteiger charge is 2.06. The molecule has 0 saturated heterocycles. The second-order valence-corrected chi connectivity index (χ2v) is 4.96. The maximum absolute atomic E-state index is 5.79. The molecule has 3 nitrogen and oxygen atoms in total. The van der Waals surface area contributed by atoms with Crippen LogP contribution in [0.15, 0.2) is 48.5 Å². The number of nitrogens with two attached hydrogens (primary N) is 1. The van der Waals surface area contributed by atoms with Gasteiger partial charge in [-0.3, -0.25) is 0 Å². The highest BCUT2D eigenvalue weighted by atomic mass is 16.5. The normalized spacial score (nSPS) is 10.6. The summed E-state index contributed by atoms with van der Waals surface area (Å²) < 4.78 is 11.4. The molecule has 2 rings (SSSR count). The molecule has 0 spiro atoms. The summed E-state index contributed by atoms with van der Waals surface area (Å²) in [6.07, 6.45) is 0. The van der Waals surface area contributed by atoms with Crippen LogP contribution in [-0.4, -0.2) is 13.2 Å². The van der Waals surface area contributed by atoms with E-state index in [9.17, 15) is 0 Å². The minimum absolute atomic E-state index is 0.448. The van der Waals surface area contributed by atoms with Crippen LogP contribution in [0.4, 0.5) is 5.69 Å². The van der Waals surface area contributed by atoms with Crippen molar-refractivity contribution in [1.29, 1.82) is 0 Å². The number of nitrogen functional groups attached to an aromatic ring is 1. The van der Waals surface area contributed by atoms with Gasteiger partial charge in [-0.25, -0.2) is 0 Å². The van der Waals surface area contributed by atoms with Crippen LogP contribution in [0.3, 0.4) is 0 Å². The Morgan fingerprint density at radius 2 is 1.55 bits per heavy atom. The Kier molecular flexibility index (Phi) is 4.88. The van der Waals surface area contributed by atoms with Crippen molar-refractivity contribution in [2.45, 2.75) is 19.8 Å². The molecule has 0 aromatic heterocycles. The Morgan fingerprint density at radius 1 is 0.900 bits per heavy atom. The van der Waals surface area contributed by atoms with E-state index >= 15 is 0 Å². The molecule has 0 heterocycles. The van der Waals surface area contributed by atoms with Gasteiger partial charge < -0.3 is 15.2 Å². The molecule has 0 bridgehead atoms. The zero-order valence-corrected chi connectivity index (χ0v) is 12.0. The third-order valence-corrected chi connectivity index (χ3v) is 3.03. The number of benzene rings is 2. The lowest BCUT2D eigenvalue weighted by molar-refractivity contribution is 0.215. The van der Waals surface area contributed by atoms with Gasteiger partial charge >= 0.3 is 0 Å². The Morgan fingerprint density at radius 3 is 2.25 bits per heavy atom. The quantitative estimate of drug-likeness (QED) is 0.641. The van der Waals surface area contributed by atoms with Crippen molar-refractivity contribution < 1.29 is 9.47 Å². The van der Waals surface area contributed by atoms with Crippen molar-refractivity contribution >= 4 is 5.69 Å². The summed E-state index contributed by atoms with van der Waals surface area (Å²) in [7, 11) is 0. The number of anilines is 1. The van der Waals surface area contributed by atoms with E-state index in [1.54, 1.807) is 0 Å². The van der Waals surface area contributed by atoms with E-state index in [0.29, 0.717) is 19.1 Å². The molecule has 0 radical (unpaired) electrons. The summed E-state index contributed by atoms with van der Waals surface area (Å²) in [5, 5.41) is 0. The molecular formula is C17H21NO2. The summed E-state index contributed by atoms with van der Waals surface area (Å²) in [6, 6.07) is 15.5. The van der Waals surface area contributed by atoms with Crippen LogP contribution in [0.2, 0.25) is 0 Å². The van der Waals surface area contributed by atoms with E-state index in [1.165, 1.54) is 5.56 Å². The van der Waals surface area contributed by atoms with E-state index in [2.05, 4.69) is 19.9 Å². The number of hydrogen-bond acceptors (Lipinski definition) is 3. The highest BCUT2D eigenvalue weighted by Crippen LogP contribution is 2.25. The summed E-state index contributed by atoms with van der Waals surface area (Å²) in [5.74, 6) is 2.19. The van der Waals surface area contributed by atoms with Crippen LogP contribution in [0.5, 0.6) is 11.5 Å². The Labute approximate surface area is 120 Å². The van der Waals surface area contributed by atoms with E-state index in [4.69, 9.17) is 15.2 Å². The zero-order valence-electron chi connectivity index (χ0n) is 12.0. The fourth-order valence-corrected chi connectivity index (χ4v) is 1.96. The fraction of sp³-hybridized carbons (Fsp3) is 0.294. The van der Waals surface area contributed by atoms with Crippen LogP contribution in [-0.2, 0) is 0 Å². The number of rotatable bonds is 6. The molecule has 20 heavy (non-hydrogen) atoms. The van der Waals surface area contributed by atoms with Crippen LogP contribution in [0.1, 0.15) is 25.3 Å². The molecule has 2 N–H and O–H groups in total. The smallest absolute Gasteiger partial charge is 0.122 e. The lowest BCUT2D eigenvalue weighted by Crippen LogP contribution is -2.10. The first-order chi connectivity index (χ1) is 9.66. The molecule has 0 aliphatic heterocycles. The second-order valence-electron chi connectivity index (χ2n) is 4.96. The molecule has 0 atom stereocenters. The lowest BCUT2D eigenvalue weighted by Gasteiger charge is -2.14. The SMILES string of the molecule is CC(C)c1ccccc1OCCOc1ccc(N)cc1. The topological polar surface area (TPSA) is 44.5 Å². The number of ether oxygens (including phenoxy) is 2. The molecule has 0 saturated carbocycles. The first-order valence-electron chi connectivity index (χ1n) is 6.87. The van der Waals surface area contributed by atoms with E-state index in [-0.39, 0.29) is 0 Å². The lowest BCUT2D eigenvalue weighted by atomic mass is 10.0. The highest BCUT2D eigenvalue weighted by molar-refractivity contribution is 5.41. The molecule has 106 valence electrons. The molecule has 2 aromatic carbocycles. The average molecular weight is 271 g/mol. The first-order valence-corrected chi connectivity index (χ1v) is 6.87. The van der Waals surface area contributed by atoms with Gasteiger partial charge in [0.25, 0.3) is 0 Å². The Bertz CT molecular complexity index is 535. The van der Waals surface area contributed by atoms with E-state index in [0.717, 1.165) is 17.2 Å². The van der Waals surface area contributed by atoms with Gasteiger partial charge in [0.2, 0.25) is 0 Å². The van der Waals surface area contributed by atoms with Crippen molar-refractivity contribution in [1.82, 2.24) is 0 Å². The summed E-state index contributed by atoms with van der Waals surface area (Å²) in [4.78, 5) is 0.